The summed E-state index contributed by atoms with van der Waals surface area (Å²) >= 11 is 0. The molecule has 0 heterocycles. The lowest BCUT2D eigenvalue weighted by atomic mass is 10.0. The molecule has 0 saturated carbocycles. The Morgan fingerprint density at radius 2 is 1.78 bits per heavy atom. The fourth-order valence-corrected chi connectivity index (χ4v) is 1.67. The summed E-state index contributed by atoms with van der Waals surface area (Å²) in [5.74, 6) is 0.841. The Morgan fingerprint density at radius 1 is 1.17 bits per heavy atom. The van der Waals surface area contributed by atoms with Crippen molar-refractivity contribution in [1.29, 1.82) is 0 Å². The Morgan fingerprint density at radius 3 is 2.28 bits per heavy atom. The predicted octanol–water partition coefficient (Wildman–Crippen LogP) is 4.09. The number of carbonyl (C=O) groups is 1. The van der Waals surface area contributed by atoms with Crippen molar-refractivity contribution in [3.05, 3.63) is 35.4 Å². The Labute approximate surface area is 110 Å². The van der Waals surface area contributed by atoms with E-state index in [2.05, 4.69) is 27.7 Å². The molecule has 0 aliphatic carbocycles. The minimum atomic E-state index is -0.216. The fourth-order valence-electron chi connectivity index (χ4n) is 1.67. The van der Waals surface area contributed by atoms with E-state index >= 15 is 0 Å². The average Bonchev–Trinajstić information content (AvgIpc) is 2.35. The second-order valence-electron chi connectivity index (χ2n) is 5.41. The van der Waals surface area contributed by atoms with Crippen LogP contribution in [0.5, 0.6) is 0 Å². The van der Waals surface area contributed by atoms with Crippen molar-refractivity contribution < 1.29 is 9.53 Å². The zero-order valence-corrected chi connectivity index (χ0v) is 11.9. The van der Waals surface area contributed by atoms with Crippen LogP contribution in [0.15, 0.2) is 24.3 Å². The Bertz CT molecular complexity index is 365. The van der Waals surface area contributed by atoms with Gasteiger partial charge in [-0.05, 0) is 36.0 Å². The summed E-state index contributed by atoms with van der Waals surface area (Å²) in [6.45, 7) is 9.06. The van der Waals surface area contributed by atoms with E-state index in [1.54, 1.807) is 0 Å². The van der Waals surface area contributed by atoms with Crippen LogP contribution in [0.4, 0.5) is 0 Å². The van der Waals surface area contributed by atoms with Crippen LogP contribution in [-0.2, 0) is 11.2 Å². The van der Waals surface area contributed by atoms with Crippen LogP contribution in [0.25, 0.3) is 0 Å². The maximum Gasteiger partial charge on any atom is 0.338 e. The number of benzene rings is 1. The van der Waals surface area contributed by atoms with E-state index in [-0.39, 0.29) is 5.97 Å². The molecule has 0 radical (unpaired) electrons. The first-order valence-corrected chi connectivity index (χ1v) is 6.79. The van der Waals surface area contributed by atoms with Gasteiger partial charge in [0.25, 0.3) is 0 Å². The molecule has 1 rings (SSSR count). The van der Waals surface area contributed by atoms with Gasteiger partial charge in [-0.3, -0.25) is 0 Å². The van der Waals surface area contributed by atoms with Gasteiger partial charge in [-0.1, -0.05) is 46.2 Å². The number of esters is 1. The van der Waals surface area contributed by atoms with Gasteiger partial charge >= 0.3 is 5.97 Å². The van der Waals surface area contributed by atoms with Gasteiger partial charge in [-0.15, -0.1) is 0 Å². The van der Waals surface area contributed by atoms with Crippen LogP contribution >= 0.6 is 0 Å². The van der Waals surface area contributed by atoms with Gasteiger partial charge in [0.05, 0.1) is 12.2 Å². The number of rotatable bonds is 6. The molecule has 1 aromatic rings. The van der Waals surface area contributed by atoms with E-state index < -0.39 is 0 Å². The largest absolute Gasteiger partial charge is 0.462 e. The summed E-state index contributed by atoms with van der Waals surface area (Å²) in [5.41, 5.74) is 1.91. The molecule has 0 N–H and O–H groups in total. The molecule has 2 heteroatoms. The van der Waals surface area contributed by atoms with Crippen molar-refractivity contribution in [3.63, 3.8) is 0 Å². The predicted molar refractivity (Wildman–Crippen MR) is 74.7 cm³/mol. The average molecular weight is 248 g/mol. The summed E-state index contributed by atoms with van der Waals surface area (Å²) in [5, 5.41) is 0. The topological polar surface area (TPSA) is 26.3 Å². The van der Waals surface area contributed by atoms with Crippen molar-refractivity contribution in [3.8, 4) is 0 Å². The van der Waals surface area contributed by atoms with Crippen LogP contribution < -0.4 is 0 Å². The van der Waals surface area contributed by atoms with Crippen molar-refractivity contribution in [2.24, 2.45) is 11.8 Å². The second kappa shape index (κ2) is 7.20. The van der Waals surface area contributed by atoms with Gasteiger partial charge in [0.15, 0.2) is 0 Å². The van der Waals surface area contributed by atoms with E-state index in [1.807, 2.05) is 24.3 Å². The zero-order chi connectivity index (χ0) is 13.5. The Balaban J connectivity index is 2.53. The third-order valence-corrected chi connectivity index (χ3v) is 3.03. The van der Waals surface area contributed by atoms with Crippen molar-refractivity contribution >= 4 is 5.97 Å². The molecule has 0 aromatic heterocycles. The fraction of sp³-hybridized carbons (Fsp3) is 0.562. The number of hydrogen-bond donors (Lipinski definition) is 0. The number of carbonyl (C=O) groups excluding carboxylic acids is 1. The summed E-state index contributed by atoms with van der Waals surface area (Å²) in [6.07, 6.45) is 2.07. The molecule has 0 aliphatic heterocycles. The zero-order valence-electron chi connectivity index (χ0n) is 11.9. The van der Waals surface area contributed by atoms with Gasteiger partial charge in [0.1, 0.15) is 0 Å². The van der Waals surface area contributed by atoms with Crippen molar-refractivity contribution in [2.75, 3.05) is 6.61 Å². The standard InChI is InChI=1S/C16H24O2/c1-5-13(4)11-18-16(17)15-8-6-14(7-9-15)10-12(2)3/h6-9,12-13H,5,10-11H2,1-4H3. The third-order valence-electron chi connectivity index (χ3n) is 3.03. The van der Waals surface area contributed by atoms with Crippen LogP contribution in [0, 0.1) is 11.8 Å². The molecular formula is C16H24O2. The second-order valence-corrected chi connectivity index (χ2v) is 5.41. The third kappa shape index (κ3) is 4.91. The first-order valence-electron chi connectivity index (χ1n) is 6.79. The molecule has 100 valence electrons. The molecule has 1 atom stereocenters. The molecule has 1 aromatic carbocycles. The maximum atomic E-state index is 11.8. The highest BCUT2D eigenvalue weighted by Gasteiger charge is 2.09. The van der Waals surface area contributed by atoms with Crippen LogP contribution in [0.3, 0.4) is 0 Å². The van der Waals surface area contributed by atoms with Crippen molar-refractivity contribution in [2.45, 2.75) is 40.5 Å². The molecule has 2 nitrogen and oxygen atoms in total. The molecule has 0 fully saturated rings. The highest BCUT2D eigenvalue weighted by molar-refractivity contribution is 5.89. The lowest BCUT2D eigenvalue weighted by Gasteiger charge is -2.10. The highest BCUT2D eigenvalue weighted by Crippen LogP contribution is 2.11. The lowest BCUT2D eigenvalue weighted by molar-refractivity contribution is 0.0447. The molecule has 0 aliphatic rings. The maximum absolute atomic E-state index is 11.8. The van der Waals surface area contributed by atoms with Gasteiger partial charge < -0.3 is 4.74 Å². The SMILES string of the molecule is CCC(C)COC(=O)c1ccc(CC(C)C)cc1. The molecular weight excluding hydrogens is 224 g/mol. The molecule has 0 saturated heterocycles. The molecule has 0 amide bonds. The first-order chi connectivity index (χ1) is 8.52. The van der Waals surface area contributed by atoms with E-state index in [0.29, 0.717) is 24.0 Å². The normalized spacial score (nSPS) is 12.5. The highest BCUT2D eigenvalue weighted by atomic mass is 16.5. The van der Waals surface area contributed by atoms with Crippen molar-refractivity contribution in [1.82, 2.24) is 0 Å². The Kier molecular flexibility index (Phi) is 5.90. The number of ether oxygens (including phenoxy) is 1. The molecule has 0 bridgehead atoms. The summed E-state index contributed by atoms with van der Waals surface area (Å²) < 4.78 is 5.26. The van der Waals surface area contributed by atoms with Crippen LogP contribution in [0.1, 0.15) is 50.0 Å². The Hall–Kier alpha value is -1.31. The van der Waals surface area contributed by atoms with E-state index in [4.69, 9.17) is 4.74 Å². The monoisotopic (exact) mass is 248 g/mol. The van der Waals surface area contributed by atoms with E-state index in [1.165, 1.54) is 5.56 Å². The van der Waals surface area contributed by atoms with E-state index in [9.17, 15) is 4.79 Å². The first kappa shape index (κ1) is 14.7. The number of hydrogen-bond acceptors (Lipinski definition) is 2. The van der Waals surface area contributed by atoms with Gasteiger partial charge in [-0.25, -0.2) is 4.79 Å². The van der Waals surface area contributed by atoms with Crippen LogP contribution in [-0.4, -0.2) is 12.6 Å². The van der Waals surface area contributed by atoms with E-state index in [0.717, 1.165) is 12.8 Å². The summed E-state index contributed by atoms with van der Waals surface area (Å²) in [6, 6.07) is 7.74. The summed E-state index contributed by atoms with van der Waals surface area (Å²) in [4.78, 5) is 11.8. The minimum Gasteiger partial charge on any atom is -0.462 e. The summed E-state index contributed by atoms with van der Waals surface area (Å²) in [7, 11) is 0. The van der Waals surface area contributed by atoms with Gasteiger partial charge in [-0.2, -0.15) is 0 Å². The van der Waals surface area contributed by atoms with Gasteiger partial charge in [0, 0.05) is 0 Å². The molecule has 0 spiro atoms. The lowest BCUT2D eigenvalue weighted by Crippen LogP contribution is -2.11. The smallest absolute Gasteiger partial charge is 0.338 e. The molecule has 1 unspecified atom stereocenters. The van der Waals surface area contributed by atoms with Crippen LogP contribution in [0.2, 0.25) is 0 Å². The molecule has 18 heavy (non-hydrogen) atoms. The minimum absolute atomic E-state index is 0.216. The van der Waals surface area contributed by atoms with Gasteiger partial charge in [0.2, 0.25) is 0 Å². The quantitative estimate of drug-likeness (QED) is 0.709.